The van der Waals surface area contributed by atoms with Gasteiger partial charge in [0.05, 0.1) is 5.75 Å². The van der Waals surface area contributed by atoms with E-state index in [0.717, 1.165) is 22.2 Å². The smallest absolute Gasteiger partial charge is 0.342 e. The molecule has 1 N–H and O–H groups in total. The second-order valence-corrected chi connectivity index (χ2v) is 7.36. The van der Waals surface area contributed by atoms with Gasteiger partial charge in [0.25, 0.3) is 11.1 Å². The lowest BCUT2D eigenvalue weighted by molar-refractivity contribution is -0.126. The van der Waals surface area contributed by atoms with Gasteiger partial charge in [0.2, 0.25) is 5.91 Å². The predicted octanol–water partition coefficient (Wildman–Crippen LogP) is 2.37. The summed E-state index contributed by atoms with van der Waals surface area (Å²) in [5, 5.41) is 2.15. The van der Waals surface area contributed by atoms with E-state index in [0.29, 0.717) is 0 Å². The molecule has 1 heterocycles. The molecule has 31 heavy (non-hydrogen) atoms. The van der Waals surface area contributed by atoms with Crippen LogP contribution in [0.1, 0.15) is 15.9 Å². The first-order chi connectivity index (χ1) is 14.9. The Hall–Kier alpha value is -3.40. The van der Waals surface area contributed by atoms with Crippen LogP contribution in [0.5, 0.6) is 5.75 Å². The van der Waals surface area contributed by atoms with E-state index in [9.17, 15) is 23.6 Å². The minimum absolute atomic E-state index is 0.0599. The zero-order valence-electron chi connectivity index (χ0n) is 16.3. The van der Waals surface area contributed by atoms with Crippen molar-refractivity contribution in [3.63, 3.8) is 0 Å². The van der Waals surface area contributed by atoms with Crippen LogP contribution in [0.2, 0.25) is 0 Å². The van der Waals surface area contributed by atoms with Crippen molar-refractivity contribution in [1.82, 2.24) is 10.2 Å². The van der Waals surface area contributed by atoms with Crippen molar-refractivity contribution in [2.24, 2.45) is 0 Å². The summed E-state index contributed by atoms with van der Waals surface area (Å²) >= 11 is 0.915. The average Bonchev–Trinajstić information content (AvgIpc) is 3.09. The molecule has 0 atom stereocenters. The Morgan fingerprint density at radius 2 is 1.84 bits per heavy atom. The van der Waals surface area contributed by atoms with Crippen LogP contribution in [-0.2, 0) is 20.9 Å². The van der Waals surface area contributed by atoms with Gasteiger partial charge in [-0.3, -0.25) is 19.3 Å². The van der Waals surface area contributed by atoms with Crippen molar-refractivity contribution in [3.05, 3.63) is 65.5 Å². The fraction of sp³-hybridized carbons (Fsp3) is 0.238. The molecule has 162 valence electrons. The normalized spacial score (nSPS) is 13.3. The number of amides is 3. The SMILES string of the molecule is O=C(COC(=O)c1ccccc1OCc1ccc(F)cc1)NCCN1C(=O)CSC1=O. The van der Waals surface area contributed by atoms with Gasteiger partial charge >= 0.3 is 5.97 Å². The molecule has 2 aromatic rings. The second-order valence-electron chi connectivity index (χ2n) is 6.44. The molecule has 1 saturated heterocycles. The van der Waals surface area contributed by atoms with Crippen LogP contribution in [0.3, 0.4) is 0 Å². The van der Waals surface area contributed by atoms with Crippen LogP contribution in [0.4, 0.5) is 9.18 Å². The quantitative estimate of drug-likeness (QED) is 0.590. The molecular weight excluding hydrogens is 427 g/mol. The Labute approximate surface area is 181 Å². The van der Waals surface area contributed by atoms with E-state index in [4.69, 9.17) is 9.47 Å². The Bertz CT molecular complexity index is 966. The van der Waals surface area contributed by atoms with E-state index in [1.54, 1.807) is 30.3 Å². The van der Waals surface area contributed by atoms with Crippen molar-refractivity contribution in [1.29, 1.82) is 0 Å². The number of carbonyl (C=O) groups is 4. The van der Waals surface area contributed by atoms with E-state index in [-0.39, 0.29) is 53.7 Å². The zero-order valence-corrected chi connectivity index (χ0v) is 17.2. The molecular formula is C21H19FN2O6S. The highest BCUT2D eigenvalue weighted by molar-refractivity contribution is 8.14. The Kier molecular flexibility index (Phi) is 7.60. The highest BCUT2D eigenvalue weighted by Crippen LogP contribution is 2.21. The van der Waals surface area contributed by atoms with E-state index in [1.807, 2.05) is 0 Å². The van der Waals surface area contributed by atoms with Gasteiger partial charge in [-0.15, -0.1) is 0 Å². The lowest BCUT2D eigenvalue weighted by Crippen LogP contribution is -2.38. The largest absolute Gasteiger partial charge is 0.488 e. The number of imide groups is 1. The summed E-state index contributed by atoms with van der Waals surface area (Å²) in [6.07, 6.45) is 0. The summed E-state index contributed by atoms with van der Waals surface area (Å²) in [7, 11) is 0. The van der Waals surface area contributed by atoms with Crippen molar-refractivity contribution in [2.75, 3.05) is 25.4 Å². The number of nitrogens with zero attached hydrogens (tertiary/aromatic N) is 1. The Balaban J connectivity index is 1.46. The first-order valence-corrected chi connectivity index (χ1v) is 10.3. The number of para-hydroxylation sites is 1. The molecule has 8 nitrogen and oxygen atoms in total. The number of hydrogen-bond donors (Lipinski definition) is 1. The molecule has 0 unspecified atom stereocenters. The molecule has 1 fully saturated rings. The highest BCUT2D eigenvalue weighted by atomic mass is 32.2. The van der Waals surface area contributed by atoms with Gasteiger partial charge in [-0.05, 0) is 29.8 Å². The summed E-state index contributed by atoms with van der Waals surface area (Å²) in [6.45, 7) is -0.282. The van der Waals surface area contributed by atoms with Gasteiger partial charge in [0.15, 0.2) is 6.61 Å². The van der Waals surface area contributed by atoms with Crippen LogP contribution in [0.25, 0.3) is 0 Å². The third-order valence-electron chi connectivity index (χ3n) is 4.25. The molecule has 10 heteroatoms. The minimum Gasteiger partial charge on any atom is -0.488 e. The van der Waals surface area contributed by atoms with Crippen molar-refractivity contribution in [3.8, 4) is 5.75 Å². The average molecular weight is 446 g/mol. The number of thioether (sulfide) groups is 1. The van der Waals surface area contributed by atoms with E-state index in [1.165, 1.54) is 18.2 Å². The number of nitrogens with one attached hydrogen (secondary N) is 1. The highest BCUT2D eigenvalue weighted by Gasteiger charge is 2.29. The molecule has 1 aliphatic rings. The molecule has 3 rings (SSSR count). The van der Waals surface area contributed by atoms with Gasteiger partial charge in [0, 0.05) is 13.1 Å². The number of carbonyl (C=O) groups excluding carboxylic acids is 4. The maximum absolute atomic E-state index is 13.0. The first kappa shape index (κ1) is 22.3. The Morgan fingerprint density at radius 3 is 2.55 bits per heavy atom. The molecule has 0 aliphatic carbocycles. The van der Waals surface area contributed by atoms with Crippen molar-refractivity contribution >= 4 is 34.8 Å². The summed E-state index contributed by atoms with van der Waals surface area (Å²) in [5.41, 5.74) is 0.861. The van der Waals surface area contributed by atoms with Crippen LogP contribution in [0.15, 0.2) is 48.5 Å². The fourth-order valence-electron chi connectivity index (χ4n) is 2.67. The van der Waals surface area contributed by atoms with E-state index >= 15 is 0 Å². The van der Waals surface area contributed by atoms with Gasteiger partial charge < -0.3 is 14.8 Å². The lowest BCUT2D eigenvalue weighted by atomic mass is 10.2. The first-order valence-electron chi connectivity index (χ1n) is 9.31. The number of esters is 1. The number of ether oxygens (including phenoxy) is 2. The summed E-state index contributed by atoms with van der Waals surface area (Å²) in [4.78, 5) is 48.3. The predicted molar refractivity (Wildman–Crippen MR) is 110 cm³/mol. The van der Waals surface area contributed by atoms with E-state index in [2.05, 4.69) is 5.32 Å². The van der Waals surface area contributed by atoms with Crippen LogP contribution in [-0.4, -0.2) is 53.4 Å². The van der Waals surface area contributed by atoms with Gasteiger partial charge in [-0.25, -0.2) is 9.18 Å². The fourth-order valence-corrected chi connectivity index (χ4v) is 3.42. The summed E-state index contributed by atoms with van der Waals surface area (Å²) in [5.74, 6) is -1.60. The molecule has 2 aromatic carbocycles. The van der Waals surface area contributed by atoms with Crippen molar-refractivity contribution in [2.45, 2.75) is 6.61 Å². The summed E-state index contributed by atoms with van der Waals surface area (Å²) < 4.78 is 23.7. The van der Waals surface area contributed by atoms with Crippen LogP contribution < -0.4 is 10.1 Å². The molecule has 0 radical (unpaired) electrons. The maximum Gasteiger partial charge on any atom is 0.342 e. The number of benzene rings is 2. The Morgan fingerprint density at radius 1 is 1.10 bits per heavy atom. The topological polar surface area (TPSA) is 102 Å². The standard InChI is InChI=1S/C21H19FN2O6S/c22-15-7-5-14(6-8-15)11-29-17-4-2-1-3-16(17)20(27)30-12-18(25)23-9-10-24-19(26)13-31-21(24)28/h1-8H,9-13H2,(H,23,25). The molecule has 3 amide bonds. The van der Waals surface area contributed by atoms with Gasteiger partial charge in [-0.1, -0.05) is 36.0 Å². The molecule has 0 aromatic heterocycles. The third kappa shape index (κ3) is 6.29. The molecule has 0 spiro atoms. The lowest BCUT2D eigenvalue weighted by Gasteiger charge is -2.13. The second kappa shape index (κ2) is 10.6. The van der Waals surface area contributed by atoms with Crippen molar-refractivity contribution < 1.29 is 33.0 Å². The van der Waals surface area contributed by atoms with E-state index < -0.39 is 18.5 Å². The number of halogens is 1. The van der Waals surface area contributed by atoms with Crippen LogP contribution in [0, 0.1) is 5.82 Å². The van der Waals surface area contributed by atoms with Crippen LogP contribution >= 0.6 is 11.8 Å². The molecule has 0 bridgehead atoms. The summed E-state index contributed by atoms with van der Waals surface area (Å²) in [6, 6.07) is 12.2. The minimum atomic E-state index is -0.744. The maximum atomic E-state index is 13.0. The number of rotatable bonds is 9. The molecule has 0 saturated carbocycles. The van der Waals surface area contributed by atoms with Gasteiger partial charge in [0.1, 0.15) is 23.7 Å². The molecule has 1 aliphatic heterocycles. The van der Waals surface area contributed by atoms with Gasteiger partial charge in [-0.2, -0.15) is 0 Å². The monoisotopic (exact) mass is 446 g/mol. The zero-order chi connectivity index (χ0) is 22.2. The number of hydrogen-bond acceptors (Lipinski definition) is 7. The third-order valence-corrected chi connectivity index (χ3v) is 5.11.